The van der Waals surface area contributed by atoms with Gasteiger partial charge in [-0.2, -0.15) is 0 Å². The Morgan fingerprint density at radius 3 is 1.93 bits per heavy atom. The van der Waals surface area contributed by atoms with E-state index in [1.807, 2.05) is 56.1 Å². The summed E-state index contributed by atoms with van der Waals surface area (Å²) < 4.78 is 5.00. The van der Waals surface area contributed by atoms with Crippen LogP contribution in [0.15, 0.2) is 30.3 Å². The number of hydrogen-bond acceptors (Lipinski definition) is 5. The molecular weight excluding hydrogens is 588 g/mol. The lowest BCUT2D eigenvalue weighted by atomic mass is 9.86. The molecule has 5 rings (SSSR count). The van der Waals surface area contributed by atoms with E-state index in [1.165, 1.54) is 38.5 Å². The van der Waals surface area contributed by atoms with Crippen molar-refractivity contribution in [3.8, 4) is 0 Å². The topological polar surface area (TPSA) is 73.4 Å². The maximum Gasteiger partial charge on any atom is 0.227 e. The molecule has 0 radical (unpaired) electrons. The largest absolute Gasteiger partial charge is 0.378 e. The molecule has 4 aliphatic rings. The van der Waals surface area contributed by atoms with Gasteiger partial charge in [0.1, 0.15) is 0 Å². The molecule has 1 saturated carbocycles. The first-order valence-corrected chi connectivity index (χ1v) is 17.5. The predicted octanol–water partition coefficient (Wildman–Crippen LogP) is 6.22. The summed E-state index contributed by atoms with van der Waals surface area (Å²) in [4.78, 5) is 42.2. The van der Waals surface area contributed by atoms with Gasteiger partial charge in [0.25, 0.3) is 0 Å². The third kappa shape index (κ3) is 14.4. The summed E-state index contributed by atoms with van der Waals surface area (Å²) in [7, 11) is 1.96. The highest BCUT2D eigenvalue weighted by atomic mass is 35.5. The summed E-state index contributed by atoms with van der Waals surface area (Å²) in [5.41, 5.74) is 0.208. The van der Waals surface area contributed by atoms with E-state index in [-0.39, 0.29) is 17.4 Å². The van der Waals surface area contributed by atoms with Crippen molar-refractivity contribution in [2.75, 3.05) is 59.5 Å². The number of hydrogen-bond donors (Lipinski definition) is 0. The number of rotatable bonds is 4. The van der Waals surface area contributed by atoms with Crippen LogP contribution in [0.5, 0.6) is 0 Å². The Kier molecular flexibility index (Phi) is 17.5. The highest BCUT2D eigenvalue weighted by Gasteiger charge is 2.36. The molecule has 8 nitrogen and oxygen atoms in total. The Morgan fingerprint density at radius 1 is 0.933 bits per heavy atom. The first-order chi connectivity index (χ1) is 21.3. The van der Waals surface area contributed by atoms with E-state index in [0.29, 0.717) is 31.1 Å². The summed E-state index contributed by atoms with van der Waals surface area (Å²) in [6.07, 6.45) is 9.24. The molecule has 256 valence electrons. The first kappa shape index (κ1) is 39.0. The molecule has 0 spiro atoms. The van der Waals surface area contributed by atoms with E-state index < -0.39 is 0 Å². The lowest BCUT2D eigenvalue weighted by molar-refractivity contribution is -0.136. The van der Waals surface area contributed by atoms with Crippen LogP contribution >= 0.6 is 11.6 Å². The molecule has 45 heavy (non-hydrogen) atoms. The molecule has 0 bridgehead atoms. The van der Waals surface area contributed by atoms with Gasteiger partial charge in [0, 0.05) is 62.3 Å². The third-order valence-electron chi connectivity index (χ3n) is 9.21. The minimum absolute atomic E-state index is 0.138. The molecular formula is C36H61ClN4O4. The molecule has 1 aromatic rings. The Labute approximate surface area is 278 Å². The Balaban J connectivity index is 0.000000221. The fraction of sp³-hybridized carbons (Fsp3) is 0.750. The number of amides is 3. The molecule has 1 unspecified atom stereocenters. The fourth-order valence-electron chi connectivity index (χ4n) is 6.08. The van der Waals surface area contributed by atoms with Crippen LogP contribution in [0.2, 0.25) is 5.02 Å². The van der Waals surface area contributed by atoms with Crippen molar-refractivity contribution < 1.29 is 19.1 Å². The van der Waals surface area contributed by atoms with Crippen LogP contribution in [0.25, 0.3) is 0 Å². The molecule has 3 saturated heterocycles. The van der Waals surface area contributed by atoms with Crippen molar-refractivity contribution in [1.82, 2.24) is 19.6 Å². The Hall–Kier alpha value is -2.16. The number of carbonyl (C=O) groups excluding carboxylic acids is 3. The number of halogens is 1. The summed E-state index contributed by atoms with van der Waals surface area (Å²) in [5, 5.41) is 0.794. The van der Waals surface area contributed by atoms with Gasteiger partial charge in [0.05, 0.1) is 19.1 Å². The molecule has 3 aliphatic heterocycles. The van der Waals surface area contributed by atoms with Crippen LogP contribution in [0, 0.1) is 17.8 Å². The van der Waals surface area contributed by atoms with Gasteiger partial charge >= 0.3 is 0 Å². The molecule has 1 aromatic carbocycles. The van der Waals surface area contributed by atoms with E-state index in [1.54, 1.807) is 4.90 Å². The summed E-state index contributed by atoms with van der Waals surface area (Å²) in [5.74, 6) is 1.96. The molecule has 9 heteroatoms. The van der Waals surface area contributed by atoms with Gasteiger partial charge in [-0.1, -0.05) is 50.6 Å². The van der Waals surface area contributed by atoms with Gasteiger partial charge in [0.15, 0.2) is 0 Å². The number of ether oxygens (including phenoxy) is 1. The van der Waals surface area contributed by atoms with Crippen molar-refractivity contribution in [3.05, 3.63) is 35.4 Å². The zero-order valence-corrected chi connectivity index (χ0v) is 29.9. The van der Waals surface area contributed by atoms with Crippen LogP contribution in [-0.4, -0.2) is 109 Å². The van der Waals surface area contributed by atoms with Crippen LogP contribution in [0.4, 0.5) is 0 Å². The Bertz CT molecular complexity index is 983. The minimum Gasteiger partial charge on any atom is -0.378 e. The van der Waals surface area contributed by atoms with Crippen LogP contribution in [0.1, 0.15) is 86.5 Å². The zero-order valence-electron chi connectivity index (χ0n) is 29.2. The second-order valence-corrected chi connectivity index (χ2v) is 14.6. The molecule has 3 heterocycles. The lowest BCUT2D eigenvalue weighted by Gasteiger charge is -2.34. The second-order valence-electron chi connectivity index (χ2n) is 14.2. The minimum atomic E-state index is 0.138. The van der Waals surface area contributed by atoms with E-state index in [9.17, 15) is 14.4 Å². The maximum atomic E-state index is 12.2. The standard InChI is InChI=1S/C13H24N2O.C12H23NO.C6H5Cl.C5H9NO2/c1-13(2,3)15-9-6-11(10-15)12(16)14-7-4-5-8-14;1-9(2)12(14)13(4)11-7-5-10(3)6-8-11;7-6-4-2-1-3-5-6;7-5-6-1-3-8-4-2-6/h11H,4-10H2,1-3H3;9-11H,5-8H2,1-4H3;1-5H;5H,1-4H2. The van der Waals surface area contributed by atoms with Crippen molar-refractivity contribution >= 4 is 29.8 Å². The second kappa shape index (κ2) is 20.2. The van der Waals surface area contributed by atoms with Gasteiger partial charge in [-0.3, -0.25) is 19.3 Å². The highest BCUT2D eigenvalue weighted by molar-refractivity contribution is 6.30. The summed E-state index contributed by atoms with van der Waals surface area (Å²) in [6, 6.07) is 9.95. The monoisotopic (exact) mass is 648 g/mol. The third-order valence-corrected chi connectivity index (χ3v) is 9.46. The van der Waals surface area contributed by atoms with Crippen molar-refractivity contribution in [2.45, 2.75) is 98.1 Å². The molecule has 4 fully saturated rings. The van der Waals surface area contributed by atoms with Crippen LogP contribution in [-0.2, 0) is 19.1 Å². The molecule has 0 aromatic heterocycles. The lowest BCUT2D eigenvalue weighted by Crippen LogP contribution is -2.41. The number of nitrogens with zero attached hydrogens (tertiary/aromatic N) is 4. The van der Waals surface area contributed by atoms with Gasteiger partial charge < -0.3 is 19.4 Å². The number of carbonyl (C=O) groups is 3. The molecule has 0 N–H and O–H groups in total. The van der Waals surface area contributed by atoms with Gasteiger partial charge in [-0.25, -0.2) is 0 Å². The van der Waals surface area contributed by atoms with E-state index in [4.69, 9.17) is 16.3 Å². The Morgan fingerprint density at radius 2 is 1.51 bits per heavy atom. The zero-order chi connectivity index (χ0) is 33.4. The average molecular weight is 649 g/mol. The summed E-state index contributed by atoms with van der Waals surface area (Å²) >= 11 is 5.54. The van der Waals surface area contributed by atoms with E-state index in [0.717, 1.165) is 63.0 Å². The van der Waals surface area contributed by atoms with Crippen LogP contribution < -0.4 is 0 Å². The highest BCUT2D eigenvalue weighted by Crippen LogP contribution is 2.28. The normalized spacial score (nSPS) is 23.5. The number of likely N-dealkylation sites (tertiary alicyclic amines) is 2. The average Bonchev–Trinajstić information content (AvgIpc) is 3.76. The fourth-order valence-corrected chi connectivity index (χ4v) is 6.23. The van der Waals surface area contributed by atoms with Gasteiger partial charge in [-0.05, 0) is 90.3 Å². The van der Waals surface area contributed by atoms with Crippen molar-refractivity contribution in [2.24, 2.45) is 17.8 Å². The van der Waals surface area contributed by atoms with Crippen molar-refractivity contribution in [1.29, 1.82) is 0 Å². The van der Waals surface area contributed by atoms with Crippen molar-refractivity contribution in [3.63, 3.8) is 0 Å². The molecule has 1 aliphatic carbocycles. The van der Waals surface area contributed by atoms with Gasteiger partial charge in [0.2, 0.25) is 18.2 Å². The number of benzene rings is 1. The first-order valence-electron chi connectivity index (χ1n) is 17.1. The van der Waals surface area contributed by atoms with E-state index in [2.05, 4.69) is 37.5 Å². The van der Waals surface area contributed by atoms with E-state index >= 15 is 0 Å². The molecule has 1 atom stereocenters. The van der Waals surface area contributed by atoms with Gasteiger partial charge in [-0.15, -0.1) is 0 Å². The smallest absolute Gasteiger partial charge is 0.227 e. The summed E-state index contributed by atoms with van der Waals surface area (Å²) in [6.45, 7) is 19.9. The van der Waals surface area contributed by atoms with Crippen LogP contribution in [0.3, 0.4) is 0 Å². The number of morpholine rings is 1. The molecule has 3 amide bonds. The quantitative estimate of drug-likeness (QED) is 0.362. The predicted molar refractivity (Wildman–Crippen MR) is 184 cm³/mol. The maximum absolute atomic E-state index is 12.2. The SMILES string of the molecule is CC(C)(C)N1CCC(C(=O)N2CCCC2)C1.CC1CCC(N(C)C(=O)C(C)C)CC1.Clc1ccccc1.O=CN1CCOCC1.